The number of fused-ring (bicyclic) bond motifs is 1. The smallest absolute Gasteiger partial charge is 0.0630 e. The Balaban J connectivity index is 2.21. The lowest BCUT2D eigenvalue weighted by atomic mass is 10.1. The Bertz CT molecular complexity index is 522. The van der Waals surface area contributed by atoms with Crippen LogP contribution in [0.4, 0.5) is 11.4 Å². The van der Waals surface area contributed by atoms with Gasteiger partial charge in [0.05, 0.1) is 11.4 Å². The summed E-state index contributed by atoms with van der Waals surface area (Å²) in [6, 6.07) is 6.52. The quantitative estimate of drug-likeness (QED) is 0.785. The van der Waals surface area contributed by atoms with Gasteiger partial charge in [-0.2, -0.15) is 0 Å². The molecule has 96 valence electrons. The molecule has 1 unspecified atom stereocenters. The molecule has 0 aliphatic heterocycles. The molecule has 1 atom stereocenters. The number of hydrogen-bond acceptors (Lipinski definition) is 3. The van der Waals surface area contributed by atoms with E-state index < -0.39 is 0 Å². The summed E-state index contributed by atoms with van der Waals surface area (Å²) in [5, 5.41) is 5.64. The first-order chi connectivity index (χ1) is 8.72. The number of nitrogens with two attached hydrogens (primary N) is 1. The van der Waals surface area contributed by atoms with Crippen LogP contribution in [0.15, 0.2) is 30.6 Å². The third-order valence-corrected chi connectivity index (χ3v) is 3.25. The molecule has 0 bridgehead atoms. The largest absolute Gasteiger partial charge is 0.397 e. The van der Waals surface area contributed by atoms with Crippen LogP contribution in [0.5, 0.6) is 0 Å². The molecule has 18 heavy (non-hydrogen) atoms. The van der Waals surface area contributed by atoms with E-state index in [0.717, 1.165) is 22.1 Å². The zero-order valence-electron chi connectivity index (χ0n) is 11.1. The van der Waals surface area contributed by atoms with E-state index in [-0.39, 0.29) is 0 Å². The van der Waals surface area contributed by atoms with E-state index in [1.54, 1.807) is 6.20 Å². The van der Waals surface area contributed by atoms with Gasteiger partial charge < -0.3 is 11.1 Å². The van der Waals surface area contributed by atoms with Crippen LogP contribution in [0.3, 0.4) is 0 Å². The predicted octanol–water partition coefficient (Wildman–Crippen LogP) is 3.81. The van der Waals surface area contributed by atoms with Gasteiger partial charge >= 0.3 is 0 Å². The fraction of sp³-hybridized carbons (Fsp3) is 0.400. The molecule has 1 aromatic carbocycles. The fourth-order valence-corrected chi connectivity index (χ4v) is 2.17. The van der Waals surface area contributed by atoms with Gasteiger partial charge in [-0.25, -0.2) is 0 Å². The van der Waals surface area contributed by atoms with E-state index >= 15 is 0 Å². The molecule has 3 N–H and O–H groups in total. The maximum atomic E-state index is 6.21. The SMILES string of the molecule is CCCCC(C)Nc1ccc2cnccc2c1N. The zero-order valence-corrected chi connectivity index (χ0v) is 11.1. The summed E-state index contributed by atoms with van der Waals surface area (Å²) in [5.41, 5.74) is 8.05. The minimum Gasteiger partial charge on any atom is -0.397 e. The van der Waals surface area contributed by atoms with Crippen molar-refractivity contribution in [3.05, 3.63) is 30.6 Å². The van der Waals surface area contributed by atoms with Crippen molar-refractivity contribution in [2.75, 3.05) is 11.1 Å². The summed E-state index contributed by atoms with van der Waals surface area (Å²) >= 11 is 0. The van der Waals surface area contributed by atoms with Gasteiger partial charge in [-0.15, -0.1) is 0 Å². The number of hydrogen-bond donors (Lipinski definition) is 2. The molecule has 0 aliphatic carbocycles. The van der Waals surface area contributed by atoms with Crippen molar-refractivity contribution in [3.8, 4) is 0 Å². The normalized spacial score (nSPS) is 12.6. The molecule has 2 aromatic rings. The molecule has 1 aromatic heterocycles. The van der Waals surface area contributed by atoms with Crippen molar-refractivity contribution in [1.29, 1.82) is 0 Å². The molecule has 2 rings (SSSR count). The summed E-state index contributed by atoms with van der Waals surface area (Å²) in [7, 11) is 0. The number of unbranched alkanes of at least 4 members (excludes halogenated alkanes) is 1. The average molecular weight is 243 g/mol. The molecule has 0 saturated heterocycles. The van der Waals surface area contributed by atoms with E-state index in [1.807, 2.05) is 18.3 Å². The van der Waals surface area contributed by atoms with Crippen molar-refractivity contribution < 1.29 is 0 Å². The second-order valence-electron chi connectivity index (χ2n) is 4.81. The van der Waals surface area contributed by atoms with Gasteiger partial charge in [0.15, 0.2) is 0 Å². The van der Waals surface area contributed by atoms with Gasteiger partial charge in [0.1, 0.15) is 0 Å². The van der Waals surface area contributed by atoms with Gasteiger partial charge in [-0.1, -0.05) is 25.8 Å². The Labute approximate surface area is 108 Å². The third-order valence-electron chi connectivity index (χ3n) is 3.25. The maximum absolute atomic E-state index is 6.21. The Hall–Kier alpha value is -1.77. The molecule has 0 saturated carbocycles. The fourth-order valence-electron chi connectivity index (χ4n) is 2.17. The van der Waals surface area contributed by atoms with Crippen molar-refractivity contribution in [2.24, 2.45) is 0 Å². The molecule has 1 heterocycles. The summed E-state index contributed by atoms with van der Waals surface area (Å²) in [6.45, 7) is 4.41. The number of rotatable bonds is 5. The van der Waals surface area contributed by atoms with Crippen molar-refractivity contribution >= 4 is 22.1 Å². The first-order valence-corrected chi connectivity index (χ1v) is 6.61. The topological polar surface area (TPSA) is 50.9 Å². The molecule has 3 nitrogen and oxygen atoms in total. The van der Waals surface area contributed by atoms with Gasteiger partial charge in [-0.05, 0) is 25.5 Å². The van der Waals surface area contributed by atoms with Crippen LogP contribution in [0, 0.1) is 0 Å². The van der Waals surface area contributed by atoms with Crippen LogP contribution in [-0.2, 0) is 0 Å². The van der Waals surface area contributed by atoms with Crippen LogP contribution in [0.2, 0.25) is 0 Å². The Kier molecular flexibility index (Phi) is 4.03. The summed E-state index contributed by atoms with van der Waals surface area (Å²) in [4.78, 5) is 4.11. The monoisotopic (exact) mass is 243 g/mol. The molecule has 3 heteroatoms. The highest BCUT2D eigenvalue weighted by Crippen LogP contribution is 2.28. The van der Waals surface area contributed by atoms with Crippen LogP contribution < -0.4 is 11.1 Å². The lowest BCUT2D eigenvalue weighted by molar-refractivity contribution is 0.645. The number of pyridine rings is 1. The van der Waals surface area contributed by atoms with Gasteiger partial charge in [0, 0.05) is 29.2 Å². The van der Waals surface area contributed by atoms with Crippen molar-refractivity contribution in [2.45, 2.75) is 39.2 Å². The van der Waals surface area contributed by atoms with Crippen LogP contribution >= 0.6 is 0 Å². The highest BCUT2D eigenvalue weighted by Gasteiger charge is 2.07. The molecule has 0 radical (unpaired) electrons. The van der Waals surface area contributed by atoms with Crippen LogP contribution in [0.1, 0.15) is 33.1 Å². The van der Waals surface area contributed by atoms with Crippen molar-refractivity contribution in [3.63, 3.8) is 0 Å². The van der Waals surface area contributed by atoms with Crippen molar-refractivity contribution in [1.82, 2.24) is 4.98 Å². The lowest BCUT2D eigenvalue weighted by Crippen LogP contribution is -2.15. The standard InChI is InChI=1S/C15H21N3/c1-3-4-5-11(2)18-14-7-6-12-10-17-9-8-13(12)15(14)16/h6-11,18H,3-5,16H2,1-2H3. The number of nitrogen functional groups attached to an aromatic ring is 1. The molecule has 0 amide bonds. The van der Waals surface area contributed by atoms with E-state index in [9.17, 15) is 0 Å². The summed E-state index contributed by atoms with van der Waals surface area (Å²) in [6.07, 6.45) is 7.26. The highest BCUT2D eigenvalue weighted by atomic mass is 14.9. The average Bonchev–Trinajstić information content (AvgIpc) is 2.40. The third kappa shape index (κ3) is 2.73. The number of nitrogens with zero attached hydrogens (tertiary/aromatic N) is 1. The lowest BCUT2D eigenvalue weighted by Gasteiger charge is -2.17. The van der Waals surface area contributed by atoms with Gasteiger partial charge in [0.25, 0.3) is 0 Å². The molecular formula is C15H21N3. The highest BCUT2D eigenvalue weighted by molar-refractivity contribution is 5.98. The second kappa shape index (κ2) is 5.71. The van der Waals surface area contributed by atoms with Gasteiger partial charge in [-0.3, -0.25) is 4.98 Å². The Morgan fingerprint density at radius 2 is 2.17 bits per heavy atom. The number of aromatic nitrogens is 1. The Morgan fingerprint density at radius 1 is 1.33 bits per heavy atom. The minimum absolute atomic E-state index is 0.450. The van der Waals surface area contributed by atoms with Crippen LogP contribution in [-0.4, -0.2) is 11.0 Å². The summed E-state index contributed by atoms with van der Waals surface area (Å²) < 4.78 is 0. The van der Waals surface area contributed by atoms with E-state index in [1.165, 1.54) is 19.3 Å². The molecule has 0 aliphatic rings. The number of nitrogens with one attached hydrogen (secondary N) is 1. The molecule has 0 fully saturated rings. The molecule has 0 spiro atoms. The first-order valence-electron chi connectivity index (χ1n) is 6.61. The second-order valence-corrected chi connectivity index (χ2v) is 4.81. The first kappa shape index (κ1) is 12.7. The zero-order chi connectivity index (χ0) is 13.0. The Morgan fingerprint density at radius 3 is 2.94 bits per heavy atom. The van der Waals surface area contributed by atoms with Crippen LogP contribution in [0.25, 0.3) is 10.8 Å². The predicted molar refractivity (Wildman–Crippen MR) is 78.8 cm³/mol. The van der Waals surface area contributed by atoms with E-state index in [0.29, 0.717) is 6.04 Å². The number of benzene rings is 1. The van der Waals surface area contributed by atoms with Gasteiger partial charge in [0.2, 0.25) is 0 Å². The maximum Gasteiger partial charge on any atom is 0.0630 e. The molecular weight excluding hydrogens is 222 g/mol. The van der Waals surface area contributed by atoms with E-state index in [2.05, 4.69) is 30.2 Å². The summed E-state index contributed by atoms with van der Waals surface area (Å²) in [5.74, 6) is 0. The minimum atomic E-state index is 0.450. The van der Waals surface area contributed by atoms with E-state index in [4.69, 9.17) is 5.73 Å². The number of anilines is 2.